The Morgan fingerprint density at radius 1 is 1.35 bits per heavy atom. The maximum Gasteiger partial charge on any atom is 0.315 e. The molecule has 17 heavy (non-hydrogen) atoms. The lowest BCUT2D eigenvalue weighted by molar-refractivity contribution is -0.144. The Balaban J connectivity index is 2.96. The van der Waals surface area contributed by atoms with E-state index >= 15 is 0 Å². The van der Waals surface area contributed by atoms with Crippen molar-refractivity contribution in [2.75, 3.05) is 5.32 Å². The van der Waals surface area contributed by atoms with Gasteiger partial charge in [-0.05, 0) is 19.1 Å². The first-order valence-electron chi connectivity index (χ1n) is 4.51. The van der Waals surface area contributed by atoms with E-state index in [0.717, 1.165) is 19.1 Å². The van der Waals surface area contributed by atoms with Crippen LogP contribution in [0.3, 0.4) is 0 Å². The van der Waals surface area contributed by atoms with Gasteiger partial charge >= 0.3 is 5.97 Å². The Kier molecular flexibility index (Phi) is 4.17. The number of benzene rings is 1. The van der Waals surface area contributed by atoms with Crippen LogP contribution in [0.1, 0.15) is 6.92 Å². The predicted molar refractivity (Wildman–Crippen MR) is 59.5 cm³/mol. The lowest BCUT2D eigenvalue weighted by atomic mass is 10.1. The average molecular weight is 308 g/mol. The number of carbonyl (C=O) groups is 2. The van der Waals surface area contributed by atoms with Gasteiger partial charge in [0.1, 0.15) is 11.6 Å². The standard InChI is InChI=1S/C10H8BrF2NO3/c1-4(10(16)17)9(15)14-8-6(12)2-5(11)3-7(8)13/h2-4H,1H3,(H,14,15)(H,16,17). The Morgan fingerprint density at radius 3 is 2.24 bits per heavy atom. The van der Waals surface area contributed by atoms with Crippen LogP contribution in [0.4, 0.5) is 14.5 Å². The van der Waals surface area contributed by atoms with E-state index in [9.17, 15) is 18.4 Å². The zero-order valence-electron chi connectivity index (χ0n) is 8.63. The van der Waals surface area contributed by atoms with Crippen molar-refractivity contribution in [1.82, 2.24) is 0 Å². The normalized spacial score (nSPS) is 12.0. The summed E-state index contributed by atoms with van der Waals surface area (Å²) in [5.74, 6) is -5.72. The minimum Gasteiger partial charge on any atom is -0.481 e. The Bertz CT molecular complexity index is 456. The van der Waals surface area contributed by atoms with Crippen molar-refractivity contribution in [2.45, 2.75) is 6.92 Å². The highest BCUT2D eigenvalue weighted by molar-refractivity contribution is 9.10. The van der Waals surface area contributed by atoms with Crippen LogP contribution in [-0.4, -0.2) is 17.0 Å². The molecule has 7 heteroatoms. The van der Waals surface area contributed by atoms with E-state index in [-0.39, 0.29) is 4.47 Å². The number of halogens is 3. The van der Waals surface area contributed by atoms with Crippen molar-refractivity contribution < 1.29 is 23.5 Å². The first-order chi connectivity index (χ1) is 7.82. The molecule has 4 nitrogen and oxygen atoms in total. The van der Waals surface area contributed by atoms with Crippen molar-refractivity contribution in [3.05, 3.63) is 28.2 Å². The fraction of sp³-hybridized carbons (Fsp3) is 0.200. The molecule has 92 valence electrons. The molecule has 0 spiro atoms. The lowest BCUT2D eigenvalue weighted by Gasteiger charge is -2.10. The minimum absolute atomic E-state index is 0.178. The second kappa shape index (κ2) is 5.22. The minimum atomic E-state index is -1.39. The number of nitrogens with one attached hydrogen (secondary N) is 1. The average Bonchev–Trinajstić information content (AvgIpc) is 2.21. The molecule has 1 amide bonds. The van der Waals surface area contributed by atoms with E-state index in [1.165, 1.54) is 0 Å². The molecule has 1 rings (SSSR count). The summed E-state index contributed by atoms with van der Waals surface area (Å²) in [6, 6.07) is 1.92. The number of hydrogen-bond donors (Lipinski definition) is 2. The summed E-state index contributed by atoms with van der Waals surface area (Å²) in [4.78, 5) is 21.8. The first kappa shape index (κ1) is 13.6. The number of hydrogen-bond acceptors (Lipinski definition) is 2. The highest BCUT2D eigenvalue weighted by Crippen LogP contribution is 2.24. The molecule has 0 radical (unpaired) electrons. The first-order valence-corrected chi connectivity index (χ1v) is 5.30. The van der Waals surface area contributed by atoms with Gasteiger partial charge in [-0.3, -0.25) is 9.59 Å². The molecular weight excluding hydrogens is 300 g/mol. The third kappa shape index (κ3) is 3.23. The van der Waals surface area contributed by atoms with Gasteiger partial charge in [0, 0.05) is 4.47 Å². The van der Waals surface area contributed by atoms with E-state index in [1.807, 2.05) is 5.32 Å². The van der Waals surface area contributed by atoms with Crippen LogP contribution in [0.25, 0.3) is 0 Å². The molecule has 0 aliphatic heterocycles. The summed E-state index contributed by atoms with van der Waals surface area (Å²) >= 11 is 2.88. The van der Waals surface area contributed by atoms with Crippen LogP contribution >= 0.6 is 15.9 Å². The summed E-state index contributed by atoms with van der Waals surface area (Å²) in [7, 11) is 0. The van der Waals surface area contributed by atoms with Crippen molar-refractivity contribution in [3.8, 4) is 0 Å². The van der Waals surface area contributed by atoms with Crippen LogP contribution in [0.5, 0.6) is 0 Å². The second-order valence-electron chi connectivity index (χ2n) is 3.29. The van der Waals surface area contributed by atoms with E-state index < -0.39 is 35.1 Å². The van der Waals surface area contributed by atoms with Crippen LogP contribution in [-0.2, 0) is 9.59 Å². The van der Waals surface area contributed by atoms with Crippen molar-refractivity contribution in [3.63, 3.8) is 0 Å². The molecule has 0 aliphatic carbocycles. The number of amides is 1. The Labute approximate surface area is 104 Å². The summed E-state index contributed by atoms with van der Waals surface area (Å²) in [5, 5.41) is 10.5. The molecule has 0 saturated carbocycles. The van der Waals surface area contributed by atoms with Gasteiger partial charge in [0.25, 0.3) is 0 Å². The lowest BCUT2D eigenvalue weighted by Crippen LogP contribution is -2.27. The van der Waals surface area contributed by atoms with Gasteiger partial charge in [0.05, 0.1) is 0 Å². The van der Waals surface area contributed by atoms with Crippen molar-refractivity contribution >= 4 is 33.5 Å². The van der Waals surface area contributed by atoms with Gasteiger partial charge in [-0.1, -0.05) is 15.9 Å². The van der Waals surface area contributed by atoms with Crippen LogP contribution in [0.2, 0.25) is 0 Å². The molecule has 1 aromatic rings. The van der Waals surface area contributed by atoms with Gasteiger partial charge in [-0.15, -0.1) is 0 Å². The monoisotopic (exact) mass is 307 g/mol. The Morgan fingerprint density at radius 2 is 1.82 bits per heavy atom. The molecule has 0 aliphatic rings. The van der Waals surface area contributed by atoms with Crippen molar-refractivity contribution in [1.29, 1.82) is 0 Å². The number of carboxylic acid groups (broad SMARTS) is 1. The maximum absolute atomic E-state index is 13.3. The zero-order valence-corrected chi connectivity index (χ0v) is 10.2. The number of carboxylic acids is 1. The smallest absolute Gasteiger partial charge is 0.315 e. The number of carbonyl (C=O) groups excluding carboxylic acids is 1. The van der Waals surface area contributed by atoms with E-state index in [4.69, 9.17) is 5.11 Å². The van der Waals surface area contributed by atoms with E-state index in [1.54, 1.807) is 0 Å². The molecule has 0 fully saturated rings. The van der Waals surface area contributed by atoms with Crippen LogP contribution in [0.15, 0.2) is 16.6 Å². The molecule has 0 aromatic heterocycles. The van der Waals surface area contributed by atoms with Crippen LogP contribution < -0.4 is 5.32 Å². The molecule has 1 atom stereocenters. The quantitative estimate of drug-likeness (QED) is 0.843. The summed E-state index contributed by atoms with van der Waals surface area (Å²) in [5.41, 5.74) is -0.661. The molecule has 0 saturated heterocycles. The third-order valence-corrected chi connectivity index (χ3v) is 2.48. The predicted octanol–water partition coefficient (Wildman–Crippen LogP) is 2.39. The molecule has 0 heterocycles. The van der Waals surface area contributed by atoms with Gasteiger partial charge in [-0.2, -0.15) is 0 Å². The second-order valence-corrected chi connectivity index (χ2v) is 4.21. The summed E-state index contributed by atoms with van der Waals surface area (Å²) < 4.78 is 26.8. The van der Waals surface area contributed by atoms with Gasteiger partial charge < -0.3 is 10.4 Å². The largest absolute Gasteiger partial charge is 0.481 e. The number of anilines is 1. The molecule has 2 N–H and O–H groups in total. The highest BCUT2D eigenvalue weighted by Gasteiger charge is 2.23. The van der Waals surface area contributed by atoms with Crippen LogP contribution in [0, 0.1) is 17.6 Å². The van der Waals surface area contributed by atoms with Gasteiger partial charge in [0.2, 0.25) is 5.91 Å². The zero-order chi connectivity index (χ0) is 13.2. The van der Waals surface area contributed by atoms with E-state index in [2.05, 4.69) is 15.9 Å². The van der Waals surface area contributed by atoms with Gasteiger partial charge in [-0.25, -0.2) is 8.78 Å². The topological polar surface area (TPSA) is 66.4 Å². The summed E-state index contributed by atoms with van der Waals surface area (Å²) in [6.07, 6.45) is 0. The highest BCUT2D eigenvalue weighted by atomic mass is 79.9. The fourth-order valence-electron chi connectivity index (χ4n) is 1.01. The molecule has 0 bridgehead atoms. The number of aliphatic carboxylic acids is 1. The SMILES string of the molecule is CC(C(=O)O)C(=O)Nc1c(F)cc(Br)cc1F. The molecular formula is C10H8BrF2NO3. The van der Waals surface area contributed by atoms with Crippen molar-refractivity contribution in [2.24, 2.45) is 5.92 Å². The summed E-state index contributed by atoms with van der Waals surface area (Å²) in [6.45, 7) is 1.12. The third-order valence-electron chi connectivity index (χ3n) is 2.02. The Hall–Kier alpha value is -1.50. The molecule has 1 aromatic carbocycles. The maximum atomic E-state index is 13.3. The molecule has 1 unspecified atom stereocenters. The van der Waals surface area contributed by atoms with Gasteiger partial charge in [0.15, 0.2) is 11.6 Å². The van der Waals surface area contributed by atoms with E-state index in [0.29, 0.717) is 0 Å². The fourth-order valence-corrected chi connectivity index (χ4v) is 1.41. The number of rotatable bonds is 3.